The smallest absolute Gasteiger partial charge is 0.324 e. The molecule has 1 aliphatic heterocycles. The van der Waals surface area contributed by atoms with Crippen molar-refractivity contribution >= 4 is 11.9 Å². The summed E-state index contributed by atoms with van der Waals surface area (Å²) in [6, 6.07) is 18.8. The molecule has 3 rings (SSSR count). The van der Waals surface area contributed by atoms with Gasteiger partial charge in [0.05, 0.1) is 12.5 Å². The molecule has 1 fully saturated rings. The molecule has 3 amide bonds. The molecular weight excluding hydrogens is 264 g/mol. The minimum atomic E-state index is -0.323. The predicted octanol–water partition coefficient (Wildman–Crippen LogP) is 2.52. The molecule has 0 saturated carbocycles. The second-order valence-electron chi connectivity index (χ2n) is 5.06. The van der Waals surface area contributed by atoms with Gasteiger partial charge < -0.3 is 5.32 Å². The Bertz CT molecular complexity index is 640. The van der Waals surface area contributed by atoms with Gasteiger partial charge in [-0.3, -0.25) is 9.69 Å². The maximum Gasteiger partial charge on any atom is 0.324 e. The minimum absolute atomic E-state index is 0.145. The molecule has 1 unspecified atom stereocenters. The highest BCUT2D eigenvalue weighted by molar-refractivity contribution is 6.00. The molecule has 1 heterocycles. The number of urea groups is 1. The first-order valence-corrected chi connectivity index (χ1v) is 6.94. The molecular formula is C17H16N2O2. The Kier molecular flexibility index (Phi) is 3.69. The third kappa shape index (κ3) is 2.79. The zero-order valence-corrected chi connectivity index (χ0v) is 11.5. The van der Waals surface area contributed by atoms with E-state index in [1.807, 2.05) is 60.7 Å². The summed E-state index contributed by atoms with van der Waals surface area (Å²) < 4.78 is 0. The Morgan fingerprint density at radius 3 is 2.24 bits per heavy atom. The second-order valence-corrected chi connectivity index (χ2v) is 5.06. The Morgan fingerprint density at radius 2 is 1.57 bits per heavy atom. The van der Waals surface area contributed by atoms with Crippen molar-refractivity contribution in [1.82, 2.24) is 10.2 Å². The summed E-state index contributed by atoms with van der Waals surface area (Å²) in [4.78, 5) is 25.9. The van der Waals surface area contributed by atoms with E-state index in [-0.39, 0.29) is 17.9 Å². The van der Waals surface area contributed by atoms with Crippen molar-refractivity contribution in [1.29, 1.82) is 0 Å². The molecule has 1 N–H and O–H groups in total. The molecule has 1 aliphatic rings. The molecule has 0 aliphatic carbocycles. The molecule has 1 saturated heterocycles. The summed E-state index contributed by atoms with van der Waals surface area (Å²) in [6.07, 6.45) is 0. The highest BCUT2D eigenvalue weighted by atomic mass is 16.2. The molecule has 0 aromatic heterocycles. The Labute approximate surface area is 123 Å². The summed E-state index contributed by atoms with van der Waals surface area (Å²) in [7, 11) is 0. The van der Waals surface area contributed by atoms with Crippen molar-refractivity contribution in [2.24, 2.45) is 0 Å². The molecule has 0 bridgehead atoms. The van der Waals surface area contributed by atoms with Crippen molar-refractivity contribution in [3.63, 3.8) is 0 Å². The van der Waals surface area contributed by atoms with E-state index in [0.29, 0.717) is 13.1 Å². The zero-order valence-electron chi connectivity index (χ0n) is 11.5. The third-order valence-electron chi connectivity index (χ3n) is 3.65. The summed E-state index contributed by atoms with van der Waals surface area (Å²) in [5, 5.41) is 2.80. The van der Waals surface area contributed by atoms with E-state index in [0.717, 1.165) is 11.1 Å². The lowest BCUT2D eigenvalue weighted by molar-refractivity contribution is -0.131. The van der Waals surface area contributed by atoms with Crippen LogP contribution in [0.4, 0.5) is 4.79 Å². The highest BCUT2D eigenvalue weighted by Gasteiger charge is 2.34. The van der Waals surface area contributed by atoms with Crippen LogP contribution >= 0.6 is 0 Å². The predicted molar refractivity (Wildman–Crippen MR) is 79.6 cm³/mol. The van der Waals surface area contributed by atoms with Crippen LogP contribution in [0.15, 0.2) is 60.7 Å². The summed E-state index contributed by atoms with van der Waals surface area (Å²) in [5.41, 5.74) is 1.87. The number of amides is 3. The van der Waals surface area contributed by atoms with Gasteiger partial charge >= 0.3 is 6.03 Å². The van der Waals surface area contributed by atoms with Crippen LogP contribution in [-0.4, -0.2) is 23.4 Å². The maximum atomic E-state index is 12.6. The fourth-order valence-electron chi connectivity index (χ4n) is 2.52. The number of carbonyl (C=O) groups excluding carboxylic acids is 2. The van der Waals surface area contributed by atoms with Crippen LogP contribution in [0.5, 0.6) is 0 Å². The fourth-order valence-corrected chi connectivity index (χ4v) is 2.52. The van der Waals surface area contributed by atoms with Crippen LogP contribution in [0.25, 0.3) is 0 Å². The van der Waals surface area contributed by atoms with Crippen molar-refractivity contribution in [2.75, 3.05) is 6.54 Å². The van der Waals surface area contributed by atoms with Crippen LogP contribution in [0.2, 0.25) is 0 Å². The molecule has 4 heteroatoms. The van der Waals surface area contributed by atoms with Crippen LogP contribution in [-0.2, 0) is 11.3 Å². The highest BCUT2D eigenvalue weighted by Crippen LogP contribution is 2.22. The number of carbonyl (C=O) groups is 2. The first kappa shape index (κ1) is 13.4. The van der Waals surface area contributed by atoms with Gasteiger partial charge in [-0.05, 0) is 11.1 Å². The van der Waals surface area contributed by atoms with Crippen molar-refractivity contribution in [3.05, 3.63) is 71.8 Å². The van der Waals surface area contributed by atoms with Crippen LogP contribution < -0.4 is 5.32 Å². The molecule has 0 spiro atoms. The monoisotopic (exact) mass is 280 g/mol. The molecule has 2 aromatic carbocycles. The van der Waals surface area contributed by atoms with Crippen molar-refractivity contribution in [3.8, 4) is 0 Å². The second kappa shape index (κ2) is 5.79. The first-order chi connectivity index (χ1) is 10.3. The van der Waals surface area contributed by atoms with Gasteiger partial charge in [-0.15, -0.1) is 0 Å². The van der Waals surface area contributed by atoms with Crippen LogP contribution in [0.3, 0.4) is 0 Å². The summed E-state index contributed by atoms with van der Waals surface area (Å²) in [6.45, 7) is 0.655. The Morgan fingerprint density at radius 1 is 0.952 bits per heavy atom. The largest absolute Gasteiger partial charge is 0.336 e. The van der Waals surface area contributed by atoms with E-state index < -0.39 is 0 Å². The normalized spacial score (nSPS) is 18.5. The zero-order chi connectivity index (χ0) is 14.7. The van der Waals surface area contributed by atoms with E-state index in [4.69, 9.17) is 0 Å². The standard InChI is InChI=1S/C17H16N2O2/c20-16-15(14-9-5-2-6-10-14)11-18-17(21)19(16)12-13-7-3-1-4-8-13/h1-10,15H,11-12H2,(H,18,21). The van der Waals surface area contributed by atoms with Crippen LogP contribution in [0.1, 0.15) is 17.0 Å². The van der Waals surface area contributed by atoms with E-state index in [2.05, 4.69) is 5.32 Å². The number of rotatable bonds is 3. The number of nitrogens with zero attached hydrogens (tertiary/aromatic N) is 1. The molecule has 4 nitrogen and oxygen atoms in total. The third-order valence-corrected chi connectivity index (χ3v) is 3.65. The average Bonchev–Trinajstić information content (AvgIpc) is 2.53. The number of imide groups is 1. The van der Waals surface area contributed by atoms with Crippen molar-refractivity contribution < 1.29 is 9.59 Å². The number of benzene rings is 2. The number of hydrogen-bond donors (Lipinski definition) is 1. The van der Waals surface area contributed by atoms with Gasteiger partial charge in [0.1, 0.15) is 0 Å². The molecule has 0 radical (unpaired) electrons. The van der Waals surface area contributed by atoms with Gasteiger partial charge in [-0.2, -0.15) is 0 Å². The lowest BCUT2D eigenvalue weighted by Crippen LogP contribution is -2.53. The summed E-state index contributed by atoms with van der Waals surface area (Å²) >= 11 is 0. The molecule has 1 atom stereocenters. The van der Waals surface area contributed by atoms with Gasteiger partial charge in [0.15, 0.2) is 0 Å². The van der Waals surface area contributed by atoms with E-state index >= 15 is 0 Å². The quantitative estimate of drug-likeness (QED) is 0.939. The lowest BCUT2D eigenvalue weighted by Gasteiger charge is -2.31. The SMILES string of the molecule is O=C1NCC(c2ccccc2)C(=O)N1Cc1ccccc1. The van der Waals surface area contributed by atoms with E-state index in [1.54, 1.807) is 0 Å². The van der Waals surface area contributed by atoms with Gasteiger partial charge in [0.2, 0.25) is 5.91 Å². The number of nitrogens with one attached hydrogen (secondary N) is 1. The fraction of sp³-hybridized carbons (Fsp3) is 0.176. The topological polar surface area (TPSA) is 49.4 Å². The minimum Gasteiger partial charge on any atom is -0.336 e. The average molecular weight is 280 g/mol. The lowest BCUT2D eigenvalue weighted by atomic mass is 9.96. The van der Waals surface area contributed by atoms with Gasteiger partial charge in [-0.25, -0.2) is 4.79 Å². The van der Waals surface area contributed by atoms with Crippen molar-refractivity contribution in [2.45, 2.75) is 12.5 Å². The Hall–Kier alpha value is -2.62. The summed E-state index contributed by atoms with van der Waals surface area (Å²) in [5.74, 6) is -0.457. The van der Waals surface area contributed by atoms with Crippen LogP contribution in [0, 0.1) is 0 Å². The van der Waals surface area contributed by atoms with Gasteiger partial charge in [0, 0.05) is 6.54 Å². The number of hydrogen-bond acceptors (Lipinski definition) is 2. The van der Waals surface area contributed by atoms with Gasteiger partial charge in [0.25, 0.3) is 0 Å². The Balaban J connectivity index is 1.83. The van der Waals surface area contributed by atoms with Gasteiger partial charge in [-0.1, -0.05) is 60.7 Å². The van der Waals surface area contributed by atoms with E-state index in [1.165, 1.54) is 4.90 Å². The maximum absolute atomic E-state index is 12.6. The molecule has 2 aromatic rings. The molecule has 106 valence electrons. The first-order valence-electron chi connectivity index (χ1n) is 6.94. The van der Waals surface area contributed by atoms with E-state index in [9.17, 15) is 9.59 Å². The molecule has 21 heavy (non-hydrogen) atoms.